The molecule has 1 aliphatic heterocycles. The molecule has 3 aromatic rings. The molecular weight excluding hydrogens is 358 g/mol. The minimum absolute atomic E-state index is 0.0199. The Kier molecular flexibility index (Phi) is 4.85. The molecule has 0 radical (unpaired) electrons. The fourth-order valence-corrected chi connectivity index (χ4v) is 3.99. The van der Waals surface area contributed by atoms with E-state index in [0.717, 1.165) is 36.7 Å². The van der Waals surface area contributed by atoms with Crippen molar-refractivity contribution in [2.45, 2.75) is 12.5 Å². The van der Waals surface area contributed by atoms with Crippen LogP contribution in [0.2, 0.25) is 0 Å². The first kappa shape index (κ1) is 17.6. The summed E-state index contributed by atoms with van der Waals surface area (Å²) in [6, 6.07) is 14.0. The third-order valence-electron chi connectivity index (χ3n) is 4.84. The summed E-state index contributed by atoms with van der Waals surface area (Å²) in [6.07, 6.45) is 0.919. The van der Waals surface area contributed by atoms with Gasteiger partial charge in [0.2, 0.25) is 0 Å². The van der Waals surface area contributed by atoms with E-state index in [1.807, 2.05) is 49.3 Å². The van der Waals surface area contributed by atoms with Gasteiger partial charge >= 0.3 is 0 Å². The SMILES string of the molecule is CN(C)c1ccc(C(=O)N[C@@H]2CCN(c3cc(-c4cccs4)[nH]n3)C2)cc1. The molecule has 7 heteroatoms. The second-order valence-corrected chi connectivity index (χ2v) is 7.91. The van der Waals surface area contributed by atoms with Gasteiger partial charge in [0.1, 0.15) is 0 Å². The molecule has 1 atom stereocenters. The van der Waals surface area contributed by atoms with Crippen molar-refractivity contribution in [3.8, 4) is 10.6 Å². The molecule has 27 heavy (non-hydrogen) atoms. The van der Waals surface area contributed by atoms with Crippen LogP contribution in [0.1, 0.15) is 16.8 Å². The zero-order valence-corrected chi connectivity index (χ0v) is 16.3. The number of carbonyl (C=O) groups excluding carboxylic acids is 1. The van der Waals surface area contributed by atoms with Gasteiger partial charge < -0.3 is 15.1 Å². The quantitative estimate of drug-likeness (QED) is 0.712. The van der Waals surface area contributed by atoms with Gasteiger partial charge in [0.05, 0.1) is 10.6 Å². The van der Waals surface area contributed by atoms with E-state index in [1.165, 1.54) is 4.88 Å². The van der Waals surface area contributed by atoms with Crippen LogP contribution >= 0.6 is 11.3 Å². The van der Waals surface area contributed by atoms with Gasteiger partial charge in [-0.05, 0) is 42.1 Å². The van der Waals surface area contributed by atoms with E-state index < -0.39 is 0 Å². The average Bonchev–Trinajstić information content (AvgIpc) is 3.42. The average molecular weight is 382 g/mol. The highest BCUT2D eigenvalue weighted by molar-refractivity contribution is 7.13. The van der Waals surface area contributed by atoms with Crippen LogP contribution in [-0.2, 0) is 0 Å². The summed E-state index contributed by atoms with van der Waals surface area (Å²) in [7, 11) is 3.97. The zero-order chi connectivity index (χ0) is 18.8. The summed E-state index contributed by atoms with van der Waals surface area (Å²) in [5.41, 5.74) is 2.81. The highest BCUT2D eigenvalue weighted by Crippen LogP contribution is 2.27. The summed E-state index contributed by atoms with van der Waals surface area (Å²) in [5.74, 6) is 0.916. The van der Waals surface area contributed by atoms with Gasteiger partial charge in [-0.3, -0.25) is 9.89 Å². The molecule has 0 saturated carbocycles. The Balaban J connectivity index is 1.36. The van der Waals surface area contributed by atoms with Crippen LogP contribution in [-0.4, -0.2) is 49.3 Å². The molecule has 0 spiro atoms. The molecule has 1 aromatic carbocycles. The number of thiophene rings is 1. The second-order valence-electron chi connectivity index (χ2n) is 6.96. The van der Waals surface area contributed by atoms with E-state index in [-0.39, 0.29) is 11.9 Å². The van der Waals surface area contributed by atoms with Crippen LogP contribution < -0.4 is 15.1 Å². The lowest BCUT2D eigenvalue weighted by molar-refractivity contribution is 0.0940. The third kappa shape index (κ3) is 3.83. The fraction of sp³-hybridized carbons (Fsp3) is 0.300. The van der Waals surface area contributed by atoms with E-state index in [9.17, 15) is 4.79 Å². The molecule has 2 N–H and O–H groups in total. The monoisotopic (exact) mass is 381 g/mol. The van der Waals surface area contributed by atoms with Crippen molar-refractivity contribution in [1.29, 1.82) is 0 Å². The Hall–Kier alpha value is -2.80. The van der Waals surface area contributed by atoms with Crippen molar-refractivity contribution >= 4 is 28.7 Å². The summed E-state index contributed by atoms with van der Waals surface area (Å²) in [4.78, 5) is 17.9. The van der Waals surface area contributed by atoms with Crippen LogP contribution in [0.3, 0.4) is 0 Å². The molecule has 1 amide bonds. The summed E-state index contributed by atoms with van der Waals surface area (Å²) < 4.78 is 0. The van der Waals surface area contributed by atoms with Crippen molar-refractivity contribution in [3.63, 3.8) is 0 Å². The molecule has 0 bridgehead atoms. The molecule has 0 aliphatic carbocycles. The van der Waals surface area contributed by atoms with E-state index in [4.69, 9.17) is 0 Å². The van der Waals surface area contributed by atoms with Crippen LogP contribution in [0.4, 0.5) is 11.5 Å². The molecule has 2 aromatic heterocycles. The van der Waals surface area contributed by atoms with Gasteiger partial charge in [0, 0.05) is 50.5 Å². The van der Waals surface area contributed by atoms with Crippen molar-refractivity contribution < 1.29 is 4.79 Å². The number of aromatic nitrogens is 2. The Bertz CT molecular complexity index is 901. The van der Waals surface area contributed by atoms with E-state index in [2.05, 4.69) is 37.9 Å². The molecule has 3 heterocycles. The van der Waals surface area contributed by atoms with Crippen molar-refractivity contribution in [2.75, 3.05) is 37.0 Å². The number of nitrogens with one attached hydrogen (secondary N) is 2. The van der Waals surface area contributed by atoms with E-state index in [0.29, 0.717) is 5.56 Å². The van der Waals surface area contributed by atoms with Gasteiger partial charge in [0.25, 0.3) is 5.91 Å². The normalized spacial score (nSPS) is 16.5. The molecule has 1 aliphatic rings. The van der Waals surface area contributed by atoms with E-state index in [1.54, 1.807) is 11.3 Å². The van der Waals surface area contributed by atoms with Gasteiger partial charge in [-0.1, -0.05) is 6.07 Å². The smallest absolute Gasteiger partial charge is 0.251 e. The Morgan fingerprint density at radius 3 is 2.81 bits per heavy atom. The number of H-pyrrole nitrogens is 1. The molecular formula is C20H23N5OS. The Morgan fingerprint density at radius 1 is 1.30 bits per heavy atom. The fourth-order valence-electron chi connectivity index (χ4n) is 3.30. The lowest BCUT2D eigenvalue weighted by Crippen LogP contribution is -2.37. The topological polar surface area (TPSA) is 64.3 Å². The number of benzene rings is 1. The van der Waals surface area contributed by atoms with Crippen molar-refractivity contribution in [2.24, 2.45) is 0 Å². The molecule has 6 nitrogen and oxygen atoms in total. The van der Waals surface area contributed by atoms with Crippen molar-refractivity contribution in [1.82, 2.24) is 15.5 Å². The predicted octanol–water partition coefficient (Wildman–Crippen LogP) is 3.21. The number of nitrogens with zero attached hydrogens (tertiary/aromatic N) is 3. The first-order valence-corrected chi connectivity index (χ1v) is 9.90. The Morgan fingerprint density at radius 2 is 2.11 bits per heavy atom. The van der Waals surface area contributed by atoms with Gasteiger partial charge in [-0.25, -0.2) is 0 Å². The predicted molar refractivity (Wildman–Crippen MR) is 111 cm³/mol. The van der Waals surface area contributed by atoms with Gasteiger partial charge in [0.15, 0.2) is 5.82 Å². The number of anilines is 2. The largest absolute Gasteiger partial charge is 0.378 e. The highest BCUT2D eigenvalue weighted by Gasteiger charge is 2.26. The molecule has 4 rings (SSSR count). The minimum Gasteiger partial charge on any atom is -0.378 e. The number of carbonyl (C=O) groups is 1. The number of aromatic amines is 1. The summed E-state index contributed by atoms with van der Waals surface area (Å²) >= 11 is 1.69. The first-order chi connectivity index (χ1) is 13.1. The first-order valence-electron chi connectivity index (χ1n) is 9.02. The van der Waals surface area contributed by atoms with Gasteiger partial charge in [-0.2, -0.15) is 5.10 Å². The minimum atomic E-state index is -0.0199. The van der Waals surface area contributed by atoms with Crippen molar-refractivity contribution in [3.05, 3.63) is 53.4 Å². The van der Waals surface area contributed by atoms with Crippen LogP contribution in [0.5, 0.6) is 0 Å². The third-order valence-corrected chi connectivity index (χ3v) is 5.75. The lowest BCUT2D eigenvalue weighted by Gasteiger charge is -2.16. The Labute approximate surface area is 162 Å². The molecule has 1 saturated heterocycles. The number of amides is 1. The standard InChI is InChI=1S/C20H23N5OS/c1-24(2)16-7-5-14(6-8-16)20(26)21-15-9-10-25(13-15)19-12-17(22-23-19)18-4-3-11-27-18/h3-8,11-12,15H,9-10,13H2,1-2H3,(H,21,26)(H,22,23)/t15-/m1/s1. The maximum Gasteiger partial charge on any atom is 0.251 e. The zero-order valence-electron chi connectivity index (χ0n) is 15.5. The number of hydrogen-bond acceptors (Lipinski definition) is 5. The molecule has 1 fully saturated rings. The van der Waals surface area contributed by atoms with E-state index >= 15 is 0 Å². The van der Waals surface area contributed by atoms with Crippen LogP contribution in [0.25, 0.3) is 10.6 Å². The summed E-state index contributed by atoms with van der Waals surface area (Å²) in [6.45, 7) is 1.66. The summed E-state index contributed by atoms with van der Waals surface area (Å²) in [5, 5.41) is 12.8. The molecule has 0 unspecified atom stereocenters. The highest BCUT2D eigenvalue weighted by atomic mass is 32.1. The molecule has 140 valence electrons. The van der Waals surface area contributed by atoms with Crippen LogP contribution in [0.15, 0.2) is 47.8 Å². The number of rotatable bonds is 5. The number of hydrogen-bond donors (Lipinski definition) is 2. The maximum atomic E-state index is 12.5. The van der Waals surface area contributed by atoms with Gasteiger partial charge in [-0.15, -0.1) is 11.3 Å². The lowest BCUT2D eigenvalue weighted by atomic mass is 10.1. The maximum absolute atomic E-state index is 12.5. The van der Waals surface area contributed by atoms with Crippen LogP contribution in [0, 0.1) is 0 Å². The second kappa shape index (κ2) is 7.44.